The van der Waals surface area contributed by atoms with Crippen LogP contribution < -0.4 is 10.6 Å². The van der Waals surface area contributed by atoms with Crippen LogP contribution in [0, 0.1) is 0 Å². The van der Waals surface area contributed by atoms with Crippen LogP contribution in [0.15, 0.2) is 36.5 Å². The molecule has 2 aromatic rings. The van der Waals surface area contributed by atoms with Gasteiger partial charge in [-0.05, 0) is 24.1 Å². The van der Waals surface area contributed by atoms with E-state index in [0.29, 0.717) is 10.7 Å². The Morgan fingerprint density at radius 3 is 2.94 bits per heavy atom. The first-order valence-corrected chi connectivity index (χ1v) is 5.90. The number of halogens is 1. The molecule has 4 heteroatoms. The summed E-state index contributed by atoms with van der Waals surface area (Å²) in [4.78, 5) is 6.46. The lowest BCUT2D eigenvalue weighted by Crippen LogP contribution is -2.15. The lowest BCUT2D eigenvalue weighted by Gasteiger charge is -2.19. The Kier molecular flexibility index (Phi) is 2.41. The minimum atomic E-state index is 0.589. The fourth-order valence-electron chi connectivity index (χ4n) is 2.20. The van der Waals surface area contributed by atoms with Crippen molar-refractivity contribution >= 4 is 28.8 Å². The van der Waals surface area contributed by atoms with E-state index in [1.165, 1.54) is 11.3 Å². The molecule has 86 valence electrons. The highest BCUT2D eigenvalue weighted by atomic mass is 35.5. The molecule has 0 saturated carbocycles. The molecule has 17 heavy (non-hydrogen) atoms. The second-order valence-corrected chi connectivity index (χ2v) is 4.51. The number of aromatic nitrogens is 1. The number of hydrogen-bond donors (Lipinski definition) is 1. The molecule has 3 rings (SSSR count). The number of nitrogen functional groups attached to an aromatic ring is 1. The predicted octanol–water partition coefficient (Wildman–Crippen LogP) is 3.01. The summed E-state index contributed by atoms with van der Waals surface area (Å²) in [6.07, 6.45) is 2.67. The van der Waals surface area contributed by atoms with Gasteiger partial charge in [0.25, 0.3) is 0 Å². The van der Waals surface area contributed by atoms with Crippen LogP contribution in [0.1, 0.15) is 5.56 Å². The van der Waals surface area contributed by atoms with Gasteiger partial charge < -0.3 is 10.6 Å². The van der Waals surface area contributed by atoms with Crippen LogP contribution in [0.3, 0.4) is 0 Å². The zero-order valence-corrected chi connectivity index (χ0v) is 9.98. The van der Waals surface area contributed by atoms with Crippen molar-refractivity contribution in [1.29, 1.82) is 0 Å². The van der Waals surface area contributed by atoms with Gasteiger partial charge in [0, 0.05) is 12.2 Å². The van der Waals surface area contributed by atoms with Crippen molar-refractivity contribution < 1.29 is 0 Å². The second kappa shape index (κ2) is 3.93. The second-order valence-electron chi connectivity index (χ2n) is 4.10. The molecule has 2 N–H and O–H groups in total. The summed E-state index contributed by atoms with van der Waals surface area (Å²) in [6, 6.07) is 10.1. The highest BCUT2D eigenvalue weighted by Gasteiger charge is 2.22. The maximum Gasteiger partial charge on any atom is 0.151 e. The summed E-state index contributed by atoms with van der Waals surface area (Å²) in [5.41, 5.74) is 8.77. The molecule has 0 spiro atoms. The van der Waals surface area contributed by atoms with Gasteiger partial charge >= 0.3 is 0 Å². The van der Waals surface area contributed by atoms with Gasteiger partial charge in [-0.25, -0.2) is 4.98 Å². The Bertz CT molecular complexity index is 568. The van der Waals surface area contributed by atoms with Gasteiger partial charge in [-0.2, -0.15) is 0 Å². The van der Waals surface area contributed by atoms with Crippen molar-refractivity contribution in [3.63, 3.8) is 0 Å². The van der Waals surface area contributed by atoms with Gasteiger partial charge in [-0.1, -0.05) is 29.8 Å². The third-order valence-electron chi connectivity index (χ3n) is 2.99. The van der Waals surface area contributed by atoms with E-state index in [9.17, 15) is 0 Å². The minimum Gasteiger partial charge on any atom is -0.397 e. The minimum absolute atomic E-state index is 0.589. The molecule has 0 atom stereocenters. The summed E-state index contributed by atoms with van der Waals surface area (Å²) in [5.74, 6) is 0.783. The zero-order valence-electron chi connectivity index (χ0n) is 9.23. The van der Waals surface area contributed by atoms with E-state index < -0.39 is 0 Å². The summed E-state index contributed by atoms with van der Waals surface area (Å²) in [5, 5.41) is 0.599. The number of benzene rings is 1. The number of rotatable bonds is 1. The van der Waals surface area contributed by atoms with Gasteiger partial charge in [0.2, 0.25) is 0 Å². The van der Waals surface area contributed by atoms with Crippen molar-refractivity contribution in [1.82, 2.24) is 4.98 Å². The Morgan fingerprint density at radius 2 is 2.12 bits per heavy atom. The predicted molar refractivity (Wildman–Crippen MR) is 70.8 cm³/mol. The molecule has 0 unspecified atom stereocenters. The molecule has 1 aromatic carbocycles. The van der Waals surface area contributed by atoms with Crippen LogP contribution in [0.2, 0.25) is 5.02 Å². The average molecular weight is 246 g/mol. The number of pyridine rings is 1. The summed E-state index contributed by atoms with van der Waals surface area (Å²) < 4.78 is 0. The normalized spacial score (nSPS) is 13.8. The van der Waals surface area contributed by atoms with Crippen molar-refractivity contribution in [3.05, 3.63) is 47.1 Å². The summed E-state index contributed by atoms with van der Waals surface area (Å²) >= 11 is 6.19. The highest BCUT2D eigenvalue weighted by Crippen LogP contribution is 2.36. The topological polar surface area (TPSA) is 42.1 Å². The van der Waals surface area contributed by atoms with Gasteiger partial charge in [0.05, 0.1) is 16.9 Å². The first-order valence-electron chi connectivity index (χ1n) is 5.52. The number of anilines is 3. The van der Waals surface area contributed by atoms with Gasteiger partial charge in [0.15, 0.2) is 5.82 Å². The Morgan fingerprint density at radius 1 is 1.29 bits per heavy atom. The SMILES string of the molecule is Nc1cnc(N2CCc3ccccc32)c(Cl)c1. The molecule has 0 aliphatic carbocycles. The lowest BCUT2D eigenvalue weighted by molar-refractivity contribution is 0.975. The van der Waals surface area contributed by atoms with Gasteiger partial charge in [0.1, 0.15) is 0 Å². The zero-order chi connectivity index (χ0) is 11.8. The first kappa shape index (κ1) is 10.4. The van der Waals surface area contributed by atoms with Crippen LogP contribution in [0.4, 0.5) is 17.2 Å². The van der Waals surface area contributed by atoms with Crippen molar-refractivity contribution in [2.45, 2.75) is 6.42 Å². The molecule has 0 fully saturated rings. The fourth-order valence-corrected chi connectivity index (χ4v) is 2.48. The third kappa shape index (κ3) is 1.72. The molecule has 2 heterocycles. The molecule has 3 nitrogen and oxygen atoms in total. The molecule has 1 aromatic heterocycles. The third-order valence-corrected chi connectivity index (χ3v) is 3.26. The Labute approximate surface area is 105 Å². The molecular weight excluding hydrogens is 234 g/mol. The largest absolute Gasteiger partial charge is 0.397 e. The van der Waals surface area contributed by atoms with E-state index in [0.717, 1.165) is 18.8 Å². The maximum atomic E-state index is 6.19. The van der Waals surface area contributed by atoms with E-state index in [1.807, 2.05) is 6.07 Å². The van der Waals surface area contributed by atoms with E-state index in [4.69, 9.17) is 17.3 Å². The molecule has 0 amide bonds. The smallest absolute Gasteiger partial charge is 0.151 e. The van der Waals surface area contributed by atoms with Crippen molar-refractivity contribution in [2.75, 3.05) is 17.2 Å². The average Bonchev–Trinajstić information content (AvgIpc) is 2.73. The molecule has 1 aliphatic heterocycles. The quantitative estimate of drug-likeness (QED) is 0.840. The lowest BCUT2D eigenvalue weighted by atomic mass is 10.2. The Hall–Kier alpha value is -1.74. The molecule has 0 radical (unpaired) electrons. The van der Waals surface area contributed by atoms with E-state index >= 15 is 0 Å². The molecule has 0 bridgehead atoms. The van der Waals surface area contributed by atoms with Crippen LogP contribution in [0.25, 0.3) is 0 Å². The van der Waals surface area contributed by atoms with E-state index in [2.05, 4.69) is 28.1 Å². The summed E-state index contributed by atoms with van der Waals surface area (Å²) in [6.45, 7) is 0.913. The van der Waals surface area contributed by atoms with Gasteiger partial charge in [-0.15, -0.1) is 0 Å². The number of nitrogens with zero attached hydrogens (tertiary/aromatic N) is 2. The number of hydrogen-bond acceptors (Lipinski definition) is 3. The molecular formula is C13H12ClN3. The van der Waals surface area contributed by atoms with E-state index in [1.54, 1.807) is 12.3 Å². The highest BCUT2D eigenvalue weighted by molar-refractivity contribution is 6.33. The van der Waals surface area contributed by atoms with Crippen LogP contribution in [-0.4, -0.2) is 11.5 Å². The first-order chi connectivity index (χ1) is 8.25. The van der Waals surface area contributed by atoms with Crippen LogP contribution in [0.5, 0.6) is 0 Å². The standard InChI is InChI=1S/C13H12ClN3/c14-11-7-10(15)8-16-13(11)17-6-5-9-3-1-2-4-12(9)17/h1-4,7-8H,5-6,15H2. The van der Waals surface area contributed by atoms with Crippen molar-refractivity contribution in [2.24, 2.45) is 0 Å². The maximum absolute atomic E-state index is 6.19. The number of fused-ring (bicyclic) bond motifs is 1. The van der Waals surface area contributed by atoms with Crippen LogP contribution >= 0.6 is 11.6 Å². The van der Waals surface area contributed by atoms with Crippen LogP contribution in [-0.2, 0) is 6.42 Å². The van der Waals surface area contributed by atoms with Gasteiger partial charge in [-0.3, -0.25) is 0 Å². The fraction of sp³-hybridized carbons (Fsp3) is 0.154. The van der Waals surface area contributed by atoms with E-state index in [-0.39, 0.29) is 0 Å². The monoisotopic (exact) mass is 245 g/mol. The Balaban J connectivity index is 2.07. The van der Waals surface area contributed by atoms with Crippen molar-refractivity contribution in [3.8, 4) is 0 Å². The summed E-state index contributed by atoms with van der Waals surface area (Å²) in [7, 11) is 0. The number of nitrogens with two attached hydrogens (primary N) is 1. The number of para-hydroxylation sites is 1. The molecule has 1 aliphatic rings. The molecule has 0 saturated heterocycles.